The van der Waals surface area contributed by atoms with Gasteiger partial charge in [0, 0.05) is 13.1 Å². The van der Waals surface area contributed by atoms with Crippen molar-refractivity contribution in [3.63, 3.8) is 0 Å². The number of halogens is 1. The number of benzene rings is 1. The molecule has 3 amide bonds. The fourth-order valence-electron chi connectivity index (χ4n) is 2.39. The molecule has 1 aromatic rings. The fourth-order valence-corrected chi connectivity index (χ4v) is 3.23. The van der Waals surface area contributed by atoms with E-state index >= 15 is 0 Å². The van der Waals surface area contributed by atoms with Gasteiger partial charge in [-0.05, 0) is 35.5 Å². The van der Waals surface area contributed by atoms with Crippen LogP contribution < -0.4 is 0 Å². The lowest BCUT2D eigenvalue weighted by Gasteiger charge is -2.28. The van der Waals surface area contributed by atoms with E-state index in [-0.39, 0.29) is 23.2 Å². The summed E-state index contributed by atoms with van der Waals surface area (Å²) in [4.78, 5) is 39.3. The van der Waals surface area contributed by atoms with Crippen molar-refractivity contribution in [2.24, 2.45) is 0 Å². The smallest absolute Gasteiger partial charge is 0.294 e. The zero-order valence-electron chi connectivity index (χ0n) is 12.7. The molecule has 2 aliphatic rings. The Balaban J connectivity index is 1.69. The minimum atomic E-state index is -0.504. The van der Waals surface area contributed by atoms with Crippen LogP contribution in [0.1, 0.15) is 5.56 Å². The number of morpholine rings is 1. The molecular formula is C16H15FN2O4S. The molecule has 6 nitrogen and oxygen atoms in total. The second-order valence-corrected chi connectivity index (χ2v) is 6.31. The maximum atomic E-state index is 12.9. The molecule has 0 spiro atoms. The zero-order chi connectivity index (χ0) is 17.1. The van der Waals surface area contributed by atoms with Crippen molar-refractivity contribution in [3.05, 3.63) is 40.6 Å². The molecular weight excluding hydrogens is 335 g/mol. The minimum absolute atomic E-state index is 0.224. The maximum absolute atomic E-state index is 12.9. The first-order valence-electron chi connectivity index (χ1n) is 7.41. The number of ether oxygens (including phenoxy) is 1. The van der Waals surface area contributed by atoms with Crippen LogP contribution in [0.5, 0.6) is 0 Å². The van der Waals surface area contributed by atoms with Crippen molar-refractivity contribution in [2.45, 2.75) is 0 Å². The van der Waals surface area contributed by atoms with E-state index in [4.69, 9.17) is 4.74 Å². The monoisotopic (exact) mass is 350 g/mol. The van der Waals surface area contributed by atoms with E-state index in [1.165, 1.54) is 30.3 Å². The van der Waals surface area contributed by atoms with Crippen LogP contribution in [0.15, 0.2) is 29.2 Å². The van der Waals surface area contributed by atoms with E-state index in [0.717, 1.165) is 16.7 Å². The standard InChI is InChI=1S/C16H15FN2O4S/c17-12-3-1-11(2-4-12)9-13-15(21)19(16(22)24-13)10-14(20)18-5-7-23-8-6-18/h1-4,9H,5-8,10H2/b13-9+. The molecule has 24 heavy (non-hydrogen) atoms. The summed E-state index contributed by atoms with van der Waals surface area (Å²) >= 11 is 0.779. The molecule has 8 heteroatoms. The highest BCUT2D eigenvalue weighted by Crippen LogP contribution is 2.32. The summed E-state index contributed by atoms with van der Waals surface area (Å²) in [6, 6.07) is 5.58. The molecule has 0 aliphatic carbocycles. The van der Waals surface area contributed by atoms with Crippen LogP contribution >= 0.6 is 11.8 Å². The highest BCUT2D eigenvalue weighted by Gasteiger charge is 2.37. The quantitative estimate of drug-likeness (QED) is 0.777. The van der Waals surface area contributed by atoms with Crippen molar-refractivity contribution >= 4 is 34.9 Å². The summed E-state index contributed by atoms with van der Waals surface area (Å²) < 4.78 is 18.1. The first kappa shape index (κ1) is 16.7. The van der Waals surface area contributed by atoms with Gasteiger partial charge in [-0.3, -0.25) is 19.3 Å². The van der Waals surface area contributed by atoms with Gasteiger partial charge in [-0.1, -0.05) is 12.1 Å². The Labute approximate surface area is 142 Å². The molecule has 1 aromatic carbocycles. The second kappa shape index (κ2) is 7.14. The van der Waals surface area contributed by atoms with Crippen LogP contribution in [0.25, 0.3) is 6.08 Å². The van der Waals surface area contributed by atoms with Crippen molar-refractivity contribution in [1.29, 1.82) is 0 Å². The molecule has 2 saturated heterocycles. The van der Waals surface area contributed by atoms with Gasteiger partial charge in [0.2, 0.25) is 5.91 Å². The Kier molecular flexibility index (Phi) is 4.96. The molecule has 0 N–H and O–H groups in total. The predicted octanol–water partition coefficient (Wildman–Crippen LogP) is 1.72. The van der Waals surface area contributed by atoms with Crippen LogP contribution in [-0.2, 0) is 14.3 Å². The average molecular weight is 350 g/mol. The topological polar surface area (TPSA) is 66.9 Å². The summed E-state index contributed by atoms with van der Waals surface area (Å²) in [6.07, 6.45) is 1.52. The van der Waals surface area contributed by atoms with E-state index in [9.17, 15) is 18.8 Å². The van der Waals surface area contributed by atoms with Gasteiger partial charge in [-0.15, -0.1) is 0 Å². The number of imide groups is 1. The van der Waals surface area contributed by atoms with Crippen molar-refractivity contribution in [2.75, 3.05) is 32.8 Å². The SMILES string of the molecule is O=C(CN1C(=O)S/C(=C/c2ccc(F)cc2)C1=O)N1CCOCC1. The van der Waals surface area contributed by atoms with Gasteiger partial charge in [0.15, 0.2) is 0 Å². The van der Waals surface area contributed by atoms with Crippen LogP contribution in [0.3, 0.4) is 0 Å². The lowest BCUT2D eigenvalue weighted by molar-refractivity contribution is -0.139. The van der Waals surface area contributed by atoms with Crippen molar-refractivity contribution in [3.8, 4) is 0 Å². The highest BCUT2D eigenvalue weighted by molar-refractivity contribution is 8.18. The summed E-state index contributed by atoms with van der Waals surface area (Å²) in [5, 5.41) is -0.477. The Bertz CT molecular complexity index is 699. The van der Waals surface area contributed by atoms with Gasteiger partial charge in [0.1, 0.15) is 12.4 Å². The maximum Gasteiger partial charge on any atom is 0.294 e. The normalized spacial score (nSPS) is 20.1. The van der Waals surface area contributed by atoms with Crippen LogP contribution in [-0.4, -0.2) is 59.7 Å². The van der Waals surface area contributed by atoms with E-state index in [1.54, 1.807) is 4.90 Å². The van der Waals surface area contributed by atoms with Gasteiger partial charge in [0.25, 0.3) is 11.1 Å². The summed E-state index contributed by atoms with van der Waals surface area (Å²) in [6.45, 7) is 1.56. The van der Waals surface area contributed by atoms with Crippen molar-refractivity contribution < 1.29 is 23.5 Å². The number of rotatable bonds is 3. The van der Waals surface area contributed by atoms with Crippen molar-refractivity contribution in [1.82, 2.24) is 9.80 Å². The van der Waals surface area contributed by atoms with Crippen LogP contribution in [0, 0.1) is 5.82 Å². The Morgan fingerprint density at radius 2 is 1.88 bits per heavy atom. The number of hydrogen-bond acceptors (Lipinski definition) is 5. The average Bonchev–Trinajstić information content (AvgIpc) is 2.85. The lowest BCUT2D eigenvalue weighted by atomic mass is 10.2. The minimum Gasteiger partial charge on any atom is -0.378 e. The third kappa shape index (κ3) is 3.65. The van der Waals surface area contributed by atoms with Gasteiger partial charge in [-0.2, -0.15) is 0 Å². The summed E-state index contributed by atoms with van der Waals surface area (Å²) in [5.41, 5.74) is 0.612. The second-order valence-electron chi connectivity index (χ2n) is 5.31. The fraction of sp³-hybridized carbons (Fsp3) is 0.312. The Morgan fingerprint density at radius 1 is 1.21 bits per heavy atom. The molecule has 0 unspecified atom stereocenters. The number of carbonyl (C=O) groups excluding carboxylic acids is 3. The van der Waals surface area contributed by atoms with E-state index in [1.807, 2.05) is 0 Å². The van der Waals surface area contributed by atoms with E-state index < -0.39 is 11.1 Å². The number of carbonyl (C=O) groups is 3. The molecule has 2 aliphatic heterocycles. The zero-order valence-corrected chi connectivity index (χ0v) is 13.6. The van der Waals surface area contributed by atoms with Crippen LogP contribution in [0.4, 0.5) is 9.18 Å². The number of thioether (sulfide) groups is 1. The number of hydrogen-bond donors (Lipinski definition) is 0. The third-order valence-electron chi connectivity index (χ3n) is 3.70. The van der Waals surface area contributed by atoms with Gasteiger partial charge in [-0.25, -0.2) is 4.39 Å². The Morgan fingerprint density at radius 3 is 2.54 bits per heavy atom. The Hall–Kier alpha value is -2.19. The summed E-state index contributed by atoms with van der Waals surface area (Å²) in [5.74, 6) is -1.16. The van der Waals surface area contributed by atoms with E-state index in [2.05, 4.69) is 0 Å². The first-order chi connectivity index (χ1) is 11.5. The molecule has 3 rings (SSSR count). The predicted molar refractivity (Wildman–Crippen MR) is 86.5 cm³/mol. The first-order valence-corrected chi connectivity index (χ1v) is 8.23. The van der Waals surface area contributed by atoms with Gasteiger partial charge in [0.05, 0.1) is 18.1 Å². The molecule has 2 fully saturated rings. The molecule has 0 bridgehead atoms. The molecule has 2 heterocycles. The number of nitrogens with zero attached hydrogens (tertiary/aromatic N) is 2. The van der Waals surface area contributed by atoms with Crippen LogP contribution in [0.2, 0.25) is 0 Å². The summed E-state index contributed by atoms with van der Waals surface area (Å²) in [7, 11) is 0. The third-order valence-corrected chi connectivity index (χ3v) is 4.61. The lowest BCUT2D eigenvalue weighted by Crippen LogP contribution is -2.46. The number of amides is 3. The largest absolute Gasteiger partial charge is 0.378 e. The highest BCUT2D eigenvalue weighted by atomic mass is 32.2. The molecule has 0 saturated carbocycles. The molecule has 0 radical (unpaired) electrons. The molecule has 0 atom stereocenters. The molecule has 0 aromatic heterocycles. The molecule has 126 valence electrons. The van der Waals surface area contributed by atoms with E-state index in [0.29, 0.717) is 31.9 Å². The van der Waals surface area contributed by atoms with Gasteiger partial charge < -0.3 is 9.64 Å². The van der Waals surface area contributed by atoms with Gasteiger partial charge >= 0.3 is 0 Å².